The van der Waals surface area contributed by atoms with Crippen LogP contribution in [0.15, 0.2) is 46.5 Å². The number of hydrogen-bond acceptors (Lipinski definition) is 7. The monoisotopic (exact) mass is 454 g/mol. The molecule has 4 aromatic rings. The molecule has 0 spiro atoms. The number of hydrogen-bond donors (Lipinski definition) is 1. The summed E-state index contributed by atoms with van der Waals surface area (Å²) in [4.78, 5) is 38.0. The molecule has 0 aliphatic rings. The van der Waals surface area contributed by atoms with Crippen LogP contribution >= 0.6 is 23.1 Å². The van der Waals surface area contributed by atoms with Crippen LogP contribution < -0.4 is 5.56 Å². The number of aromatic amines is 1. The van der Waals surface area contributed by atoms with Crippen LogP contribution in [0.1, 0.15) is 40.2 Å². The summed E-state index contributed by atoms with van der Waals surface area (Å²) in [5, 5.41) is 1.12. The molecular formula is C22H22N4O3S2. The zero-order chi connectivity index (χ0) is 22.1. The first-order valence-corrected chi connectivity index (χ1v) is 11.5. The van der Waals surface area contributed by atoms with Crippen LogP contribution in [0.4, 0.5) is 0 Å². The maximum absolute atomic E-state index is 12.8. The van der Waals surface area contributed by atoms with Crippen LogP contribution in [-0.4, -0.2) is 32.1 Å². The molecule has 1 atom stereocenters. The highest BCUT2D eigenvalue weighted by Gasteiger charge is 2.22. The molecule has 3 aromatic heterocycles. The van der Waals surface area contributed by atoms with Crippen molar-refractivity contribution in [3.8, 4) is 11.3 Å². The van der Waals surface area contributed by atoms with Crippen molar-refractivity contribution in [2.24, 2.45) is 7.05 Å². The number of nitrogens with one attached hydrogen (secondary N) is 1. The highest BCUT2D eigenvalue weighted by atomic mass is 32.2. The van der Waals surface area contributed by atoms with Gasteiger partial charge in [0.1, 0.15) is 15.5 Å². The van der Waals surface area contributed by atoms with Gasteiger partial charge in [0.2, 0.25) is 0 Å². The van der Waals surface area contributed by atoms with Gasteiger partial charge in [-0.15, -0.1) is 11.3 Å². The Morgan fingerprint density at radius 2 is 2.06 bits per heavy atom. The summed E-state index contributed by atoms with van der Waals surface area (Å²) < 4.78 is 7.13. The Balaban J connectivity index is 1.64. The average molecular weight is 455 g/mol. The molecule has 1 unspecified atom stereocenters. The number of thiophene rings is 1. The van der Waals surface area contributed by atoms with Gasteiger partial charge in [-0.3, -0.25) is 4.79 Å². The van der Waals surface area contributed by atoms with Crippen LogP contribution in [0, 0.1) is 6.92 Å². The molecule has 7 nitrogen and oxygen atoms in total. The quantitative estimate of drug-likeness (QED) is 0.335. The van der Waals surface area contributed by atoms with Gasteiger partial charge in [-0.1, -0.05) is 42.1 Å². The van der Waals surface area contributed by atoms with E-state index in [1.807, 2.05) is 55.1 Å². The Bertz CT molecular complexity index is 1310. The molecule has 31 heavy (non-hydrogen) atoms. The first-order chi connectivity index (χ1) is 14.9. The third-order valence-electron chi connectivity index (χ3n) is 4.96. The zero-order valence-corrected chi connectivity index (χ0v) is 19.3. The lowest BCUT2D eigenvalue weighted by Gasteiger charge is -2.11. The number of nitrogens with zero attached hydrogens (tertiary/aromatic N) is 3. The van der Waals surface area contributed by atoms with Crippen LogP contribution in [0.5, 0.6) is 0 Å². The van der Waals surface area contributed by atoms with Gasteiger partial charge < -0.3 is 14.3 Å². The van der Waals surface area contributed by atoms with Gasteiger partial charge in [-0.05, 0) is 31.9 Å². The number of benzene rings is 1. The van der Waals surface area contributed by atoms with Crippen molar-refractivity contribution < 1.29 is 9.53 Å². The van der Waals surface area contributed by atoms with E-state index in [0.717, 1.165) is 16.4 Å². The van der Waals surface area contributed by atoms with Gasteiger partial charge in [0, 0.05) is 7.05 Å². The second-order valence-corrected chi connectivity index (χ2v) is 9.33. The maximum atomic E-state index is 12.8. The minimum absolute atomic E-state index is 0.143. The second kappa shape index (κ2) is 8.68. The van der Waals surface area contributed by atoms with Crippen LogP contribution in [0.2, 0.25) is 0 Å². The van der Waals surface area contributed by atoms with Gasteiger partial charge in [0.15, 0.2) is 5.16 Å². The largest absolute Gasteiger partial charge is 0.462 e. The Hall–Kier alpha value is -2.91. The first-order valence-electron chi connectivity index (χ1n) is 9.85. The Labute approximate surface area is 187 Å². The SMILES string of the molecule is CCOC(=O)c1sc2nc(C(C)Sc3ncc(-c4ccccc4)n3C)[nH]c(=O)c2c1C. The van der Waals surface area contributed by atoms with Crippen molar-refractivity contribution in [1.82, 2.24) is 19.5 Å². The second-order valence-electron chi connectivity index (χ2n) is 7.02. The lowest BCUT2D eigenvalue weighted by atomic mass is 10.2. The number of carbonyl (C=O) groups is 1. The third kappa shape index (κ3) is 4.03. The van der Waals surface area contributed by atoms with Gasteiger partial charge >= 0.3 is 5.97 Å². The number of fused-ring (bicyclic) bond motifs is 1. The fourth-order valence-electron chi connectivity index (χ4n) is 3.34. The van der Waals surface area contributed by atoms with Crippen LogP contribution in [0.3, 0.4) is 0 Å². The van der Waals surface area contributed by atoms with Gasteiger partial charge in [0.05, 0.1) is 29.1 Å². The molecule has 0 saturated carbocycles. The number of imidazole rings is 1. The van der Waals surface area contributed by atoms with E-state index in [2.05, 4.69) is 15.0 Å². The Kier molecular flexibility index (Phi) is 5.97. The zero-order valence-electron chi connectivity index (χ0n) is 17.6. The molecule has 1 N–H and O–H groups in total. The fourth-order valence-corrected chi connectivity index (χ4v) is 5.33. The molecule has 0 fully saturated rings. The lowest BCUT2D eigenvalue weighted by molar-refractivity contribution is 0.0531. The summed E-state index contributed by atoms with van der Waals surface area (Å²) in [5.41, 5.74) is 2.46. The molecule has 160 valence electrons. The highest BCUT2D eigenvalue weighted by Crippen LogP contribution is 2.35. The van der Waals surface area contributed by atoms with Crippen molar-refractivity contribution in [3.05, 3.63) is 63.1 Å². The van der Waals surface area contributed by atoms with Gasteiger partial charge in [-0.25, -0.2) is 14.8 Å². The number of esters is 1. The predicted octanol–water partition coefficient (Wildman–Crippen LogP) is 4.72. The normalized spacial score (nSPS) is 12.3. The van der Waals surface area contributed by atoms with E-state index in [-0.39, 0.29) is 17.4 Å². The molecule has 0 aliphatic heterocycles. The maximum Gasteiger partial charge on any atom is 0.348 e. The van der Waals surface area contributed by atoms with E-state index in [1.165, 1.54) is 23.1 Å². The van der Waals surface area contributed by atoms with E-state index in [1.54, 1.807) is 13.8 Å². The molecule has 0 bridgehead atoms. The molecule has 4 rings (SSSR count). The summed E-state index contributed by atoms with van der Waals surface area (Å²) in [7, 11) is 1.97. The standard InChI is InChI=1S/C22H22N4O3S2/c1-5-29-21(28)17-12(2)16-19(27)24-18(25-20(16)31-17)13(3)30-22-23-11-15(26(22)4)14-9-7-6-8-10-14/h6-11,13H,5H2,1-4H3,(H,24,25,27). The minimum atomic E-state index is -0.423. The number of aromatic nitrogens is 4. The molecular weight excluding hydrogens is 432 g/mol. The number of aryl methyl sites for hydroxylation is 1. The van der Waals surface area contributed by atoms with Crippen LogP contribution in [0.25, 0.3) is 21.5 Å². The number of thioether (sulfide) groups is 1. The molecule has 0 aliphatic carbocycles. The molecule has 0 radical (unpaired) electrons. The molecule has 1 aromatic carbocycles. The number of carbonyl (C=O) groups excluding carboxylic acids is 1. The lowest BCUT2D eigenvalue weighted by Crippen LogP contribution is -2.13. The molecule has 3 heterocycles. The smallest absolute Gasteiger partial charge is 0.348 e. The summed E-state index contributed by atoms with van der Waals surface area (Å²) in [6, 6.07) is 10.1. The highest BCUT2D eigenvalue weighted by molar-refractivity contribution is 7.99. The van der Waals surface area contributed by atoms with Crippen molar-refractivity contribution in [3.63, 3.8) is 0 Å². The molecule has 9 heteroatoms. The number of H-pyrrole nitrogens is 1. The summed E-state index contributed by atoms with van der Waals surface area (Å²) >= 11 is 2.71. The van der Waals surface area contributed by atoms with E-state index in [9.17, 15) is 9.59 Å². The van der Waals surface area contributed by atoms with Gasteiger partial charge in [-0.2, -0.15) is 0 Å². The molecule has 0 amide bonds. The summed E-state index contributed by atoms with van der Waals surface area (Å²) in [6.45, 7) is 5.75. The van der Waals surface area contributed by atoms with Crippen LogP contribution in [-0.2, 0) is 11.8 Å². The van der Waals surface area contributed by atoms with E-state index >= 15 is 0 Å². The van der Waals surface area contributed by atoms with Crippen molar-refractivity contribution in [2.45, 2.75) is 31.2 Å². The summed E-state index contributed by atoms with van der Waals surface area (Å²) in [6.07, 6.45) is 1.85. The van der Waals surface area contributed by atoms with E-state index in [0.29, 0.717) is 26.5 Å². The van der Waals surface area contributed by atoms with Crippen molar-refractivity contribution in [2.75, 3.05) is 6.61 Å². The van der Waals surface area contributed by atoms with E-state index < -0.39 is 5.97 Å². The van der Waals surface area contributed by atoms with Crippen molar-refractivity contribution >= 4 is 39.3 Å². The topological polar surface area (TPSA) is 89.9 Å². The van der Waals surface area contributed by atoms with Gasteiger partial charge in [0.25, 0.3) is 5.56 Å². The van der Waals surface area contributed by atoms with E-state index in [4.69, 9.17) is 4.74 Å². The first kappa shape index (κ1) is 21.3. The Morgan fingerprint density at radius 3 is 2.77 bits per heavy atom. The fraction of sp³-hybridized carbons (Fsp3) is 0.273. The van der Waals surface area contributed by atoms with Crippen molar-refractivity contribution in [1.29, 1.82) is 0 Å². The third-order valence-corrected chi connectivity index (χ3v) is 7.29. The Morgan fingerprint density at radius 1 is 1.32 bits per heavy atom. The number of ether oxygens (including phenoxy) is 1. The molecule has 0 saturated heterocycles. The number of rotatable bonds is 6. The minimum Gasteiger partial charge on any atom is -0.462 e. The predicted molar refractivity (Wildman–Crippen MR) is 124 cm³/mol. The average Bonchev–Trinajstić information content (AvgIpc) is 3.29. The summed E-state index contributed by atoms with van der Waals surface area (Å²) in [5.74, 6) is 0.122.